The van der Waals surface area contributed by atoms with Crippen LogP contribution in [0.5, 0.6) is 0 Å². The maximum absolute atomic E-state index is 12.0. The number of methoxy groups -OCH3 is 1. The number of rotatable bonds is 1. The molecular formula is C12H14O4S. The van der Waals surface area contributed by atoms with Crippen LogP contribution in [0, 0.1) is 5.92 Å². The van der Waals surface area contributed by atoms with Gasteiger partial charge in [0.25, 0.3) is 0 Å². The molecule has 2 rings (SSSR count). The number of sulfone groups is 1. The Bertz CT molecular complexity index is 560. The van der Waals surface area contributed by atoms with E-state index in [1.54, 1.807) is 12.1 Å². The third-order valence-electron chi connectivity index (χ3n) is 2.90. The summed E-state index contributed by atoms with van der Waals surface area (Å²) in [6, 6.07) is 4.73. The minimum atomic E-state index is -3.26. The van der Waals surface area contributed by atoms with Gasteiger partial charge in [0.05, 0.1) is 23.3 Å². The molecule has 92 valence electrons. The molecule has 0 amide bonds. The van der Waals surface area contributed by atoms with Crippen LogP contribution in [-0.4, -0.2) is 27.2 Å². The largest absolute Gasteiger partial charge is 0.465 e. The fourth-order valence-corrected chi connectivity index (χ4v) is 4.06. The SMILES string of the molecule is COC(=O)c1ccc2c(c1)S(=O)(=O)CC(C)C2. The maximum atomic E-state index is 12.0. The van der Waals surface area contributed by atoms with Crippen LogP contribution in [0.1, 0.15) is 22.8 Å². The van der Waals surface area contributed by atoms with Crippen LogP contribution in [0.15, 0.2) is 23.1 Å². The predicted octanol–water partition coefficient (Wildman–Crippen LogP) is 1.44. The van der Waals surface area contributed by atoms with Gasteiger partial charge in [-0.25, -0.2) is 13.2 Å². The Kier molecular flexibility index (Phi) is 2.95. The van der Waals surface area contributed by atoms with Gasteiger partial charge < -0.3 is 4.74 Å². The van der Waals surface area contributed by atoms with Crippen LogP contribution in [0.3, 0.4) is 0 Å². The summed E-state index contributed by atoms with van der Waals surface area (Å²) in [4.78, 5) is 11.6. The van der Waals surface area contributed by atoms with Crippen molar-refractivity contribution in [3.63, 3.8) is 0 Å². The Hall–Kier alpha value is -1.36. The molecule has 1 aliphatic heterocycles. The Morgan fingerprint density at radius 1 is 1.41 bits per heavy atom. The van der Waals surface area contributed by atoms with Gasteiger partial charge in [0, 0.05) is 0 Å². The van der Waals surface area contributed by atoms with Gasteiger partial charge in [0.15, 0.2) is 9.84 Å². The molecule has 1 aromatic rings. The zero-order valence-electron chi connectivity index (χ0n) is 9.76. The molecule has 1 unspecified atom stereocenters. The van der Waals surface area contributed by atoms with Crippen LogP contribution in [0.4, 0.5) is 0 Å². The van der Waals surface area contributed by atoms with Crippen molar-refractivity contribution in [2.75, 3.05) is 12.9 Å². The van der Waals surface area contributed by atoms with Gasteiger partial charge in [0.1, 0.15) is 0 Å². The first-order chi connectivity index (χ1) is 7.94. The smallest absolute Gasteiger partial charge is 0.337 e. The Labute approximate surface area is 101 Å². The normalized spacial score (nSPS) is 21.6. The second-order valence-electron chi connectivity index (χ2n) is 4.40. The van der Waals surface area contributed by atoms with Crippen molar-refractivity contribution >= 4 is 15.8 Å². The van der Waals surface area contributed by atoms with Gasteiger partial charge >= 0.3 is 5.97 Å². The fraction of sp³-hybridized carbons (Fsp3) is 0.417. The summed E-state index contributed by atoms with van der Waals surface area (Å²) in [6.45, 7) is 1.91. The van der Waals surface area contributed by atoms with Crippen molar-refractivity contribution in [3.8, 4) is 0 Å². The molecule has 1 aliphatic rings. The van der Waals surface area contributed by atoms with Crippen molar-refractivity contribution in [1.29, 1.82) is 0 Å². The molecule has 0 fully saturated rings. The minimum absolute atomic E-state index is 0.122. The second-order valence-corrected chi connectivity index (χ2v) is 6.41. The third kappa shape index (κ3) is 2.20. The number of carbonyl (C=O) groups is 1. The van der Waals surface area contributed by atoms with E-state index < -0.39 is 15.8 Å². The summed E-state index contributed by atoms with van der Waals surface area (Å²) >= 11 is 0. The molecule has 1 heterocycles. The van der Waals surface area contributed by atoms with Crippen LogP contribution in [-0.2, 0) is 21.0 Å². The summed E-state index contributed by atoms with van der Waals surface area (Å²) < 4.78 is 28.6. The number of hydrogen-bond acceptors (Lipinski definition) is 4. The predicted molar refractivity (Wildman–Crippen MR) is 62.7 cm³/mol. The lowest BCUT2D eigenvalue weighted by Gasteiger charge is -2.21. The first-order valence-corrected chi connectivity index (χ1v) is 7.03. The lowest BCUT2D eigenvalue weighted by atomic mass is 10.0. The Balaban J connectivity index is 2.55. The summed E-state index contributed by atoms with van der Waals surface area (Å²) in [7, 11) is -1.99. The Morgan fingerprint density at radius 3 is 2.76 bits per heavy atom. The second kappa shape index (κ2) is 4.14. The van der Waals surface area contributed by atoms with E-state index >= 15 is 0 Å². The first kappa shape index (κ1) is 12.1. The average Bonchev–Trinajstić information content (AvgIpc) is 2.26. The van der Waals surface area contributed by atoms with Crippen LogP contribution < -0.4 is 0 Å². The van der Waals surface area contributed by atoms with E-state index in [0.29, 0.717) is 0 Å². The first-order valence-electron chi connectivity index (χ1n) is 5.38. The number of esters is 1. The molecule has 17 heavy (non-hydrogen) atoms. The van der Waals surface area contributed by atoms with Crippen molar-refractivity contribution in [2.45, 2.75) is 18.2 Å². The molecule has 0 bridgehead atoms. The average molecular weight is 254 g/mol. The molecule has 5 heteroatoms. The van der Waals surface area contributed by atoms with Crippen LogP contribution in [0.25, 0.3) is 0 Å². The van der Waals surface area contributed by atoms with Gasteiger partial charge in [-0.05, 0) is 30.0 Å². The standard InChI is InChI=1S/C12H14O4S/c1-8-5-9-3-4-10(12(13)16-2)6-11(9)17(14,15)7-8/h3-4,6,8H,5,7H2,1-2H3. The quantitative estimate of drug-likeness (QED) is 0.711. The highest BCUT2D eigenvalue weighted by atomic mass is 32.2. The zero-order valence-corrected chi connectivity index (χ0v) is 10.6. The molecule has 4 nitrogen and oxygen atoms in total. The van der Waals surface area contributed by atoms with Gasteiger partial charge in [-0.1, -0.05) is 13.0 Å². The van der Waals surface area contributed by atoms with Crippen LogP contribution in [0.2, 0.25) is 0 Å². The van der Waals surface area contributed by atoms with E-state index in [9.17, 15) is 13.2 Å². The summed E-state index contributed by atoms with van der Waals surface area (Å²) in [6.07, 6.45) is 0.732. The van der Waals surface area contributed by atoms with Gasteiger partial charge in [0.2, 0.25) is 0 Å². The molecule has 0 saturated carbocycles. The van der Waals surface area contributed by atoms with E-state index in [-0.39, 0.29) is 22.1 Å². The third-order valence-corrected chi connectivity index (χ3v) is 4.95. The number of carbonyl (C=O) groups excluding carboxylic acids is 1. The van der Waals surface area contributed by atoms with Crippen molar-refractivity contribution in [1.82, 2.24) is 0 Å². The number of benzene rings is 1. The highest BCUT2D eigenvalue weighted by Crippen LogP contribution is 2.28. The molecular weight excluding hydrogens is 240 g/mol. The maximum Gasteiger partial charge on any atom is 0.337 e. The Morgan fingerprint density at radius 2 is 2.12 bits per heavy atom. The molecule has 0 N–H and O–H groups in total. The zero-order chi connectivity index (χ0) is 12.6. The van der Waals surface area contributed by atoms with Crippen LogP contribution >= 0.6 is 0 Å². The number of hydrogen-bond donors (Lipinski definition) is 0. The molecule has 0 aromatic heterocycles. The van der Waals surface area contributed by atoms with Crippen molar-refractivity contribution in [2.24, 2.45) is 5.92 Å². The number of ether oxygens (including phenoxy) is 1. The molecule has 0 radical (unpaired) electrons. The molecule has 1 atom stereocenters. The van der Waals surface area contributed by atoms with E-state index in [4.69, 9.17) is 0 Å². The summed E-state index contributed by atoms with van der Waals surface area (Å²) in [5.41, 5.74) is 1.07. The van der Waals surface area contributed by atoms with E-state index in [2.05, 4.69) is 4.74 Å². The number of fused-ring (bicyclic) bond motifs is 1. The van der Waals surface area contributed by atoms with E-state index in [1.165, 1.54) is 13.2 Å². The minimum Gasteiger partial charge on any atom is -0.465 e. The lowest BCUT2D eigenvalue weighted by molar-refractivity contribution is 0.0600. The molecule has 0 spiro atoms. The molecule has 0 aliphatic carbocycles. The van der Waals surface area contributed by atoms with Gasteiger partial charge in [-0.3, -0.25) is 0 Å². The van der Waals surface area contributed by atoms with E-state index in [1.807, 2.05) is 6.92 Å². The highest BCUT2D eigenvalue weighted by Gasteiger charge is 2.28. The van der Waals surface area contributed by atoms with Crippen molar-refractivity contribution < 1.29 is 17.9 Å². The van der Waals surface area contributed by atoms with Gasteiger partial charge in [-0.15, -0.1) is 0 Å². The fourth-order valence-electron chi connectivity index (χ4n) is 2.16. The van der Waals surface area contributed by atoms with Gasteiger partial charge in [-0.2, -0.15) is 0 Å². The highest BCUT2D eigenvalue weighted by molar-refractivity contribution is 7.91. The lowest BCUT2D eigenvalue weighted by Crippen LogP contribution is -2.24. The molecule has 0 saturated heterocycles. The topological polar surface area (TPSA) is 60.4 Å². The summed E-state index contributed by atoms with van der Waals surface area (Å²) in [5.74, 6) is -0.247. The van der Waals surface area contributed by atoms with Crippen molar-refractivity contribution in [3.05, 3.63) is 29.3 Å². The van der Waals surface area contributed by atoms with E-state index in [0.717, 1.165) is 12.0 Å². The monoisotopic (exact) mass is 254 g/mol. The molecule has 1 aromatic carbocycles. The summed E-state index contributed by atoms with van der Waals surface area (Å²) in [5, 5.41) is 0.